The van der Waals surface area contributed by atoms with Gasteiger partial charge in [-0.3, -0.25) is 0 Å². The lowest BCUT2D eigenvalue weighted by atomic mass is 10.1. The third-order valence-corrected chi connectivity index (χ3v) is 3.71. The van der Waals surface area contributed by atoms with Gasteiger partial charge in [0, 0.05) is 17.7 Å². The molecule has 0 aliphatic rings. The number of nitrogens with zero attached hydrogens (tertiary/aromatic N) is 4. The van der Waals surface area contributed by atoms with E-state index >= 15 is 0 Å². The van der Waals surface area contributed by atoms with Crippen LogP contribution in [0.2, 0.25) is 0 Å². The molecule has 0 saturated carbocycles. The zero-order chi connectivity index (χ0) is 15.1. The Balaban J connectivity index is 1.96. The number of ether oxygens (including phenoxy) is 1. The molecule has 4 rings (SSSR count). The first-order chi connectivity index (χ1) is 10.7. The second-order valence-electron chi connectivity index (χ2n) is 5.22. The number of methoxy groups -OCH3 is 1. The summed E-state index contributed by atoms with van der Waals surface area (Å²) in [6, 6.07) is 15.9. The molecular weight excluding hydrogens is 276 g/mol. The molecule has 0 saturated heterocycles. The minimum absolute atomic E-state index is 0.719. The van der Waals surface area contributed by atoms with Crippen LogP contribution in [-0.2, 0) is 0 Å². The van der Waals surface area contributed by atoms with Crippen LogP contribution in [0, 0.1) is 6.92 Å². The standard InChI is InChI=1S/C17H14N4O/c1-11-3-5-12(6-4-11)15-10-17-19-18-14-8-7-13(22-2)9-16(14)21(17)20-15/h3-10H,1-2H3. The van der Waals surface area contributed by atoms with Crippen molar-refractivity contribution < 1.29 is 4.74 Å². The molecule has 0 fully saturated rings. The average Bonchev–Trinajstić information content (AvgIpc) is 2.99. The Hall–Kier alpha value is -2.95. The highest BCUT2D eigenvalue weighted by Crippen LogP contribution is 2.23. The number of benzene rings is 2. The van der Waals surface area contributed by atoms with E-state index in [2.05, 4.69) is 46.5 Å². The maximum Gasteiger partial charge on any atom is 0.178 e. The summed E-state index contributed by atoms with van der Waals surface area (Å²) in [5, 5.41) is 13.2. The molecule has 2 aromatic carbocycles. The second-order valence-corrected chi connectivity index (χ2v) is 5.22. The normalized spacial score (nSPS) is 11.2. The van der Waals surface area contributed by atoms with Crippen molar-refractivity contribution >= 4 is 16.7 Å². The average molecular weight is 290 g/mol. The molecule has 0 bridgehead atoms. The molecular formula is C17H14N4O. The number of aryl methyl sites for hydroxylation is 1. The Morgan fingerprint density at radius 1 is 0.955 bits per heavy atom. The number of fused-ring (bicyclic) bond motifs is 3. The van der Waals surface area contributed by atoms with Crippen LogP contribution in [0.5, 0.6) is 5.75 Å². The molecule has 0 aliphatic heterocycles. The van der Waals surface area contributed by atoms with Crippen LogP contribution in [-0.4, -0.2) is 26.9 Å². The zero-order valence-corrected chi connectivity index (χ0v) is 12.3. The fourth-order valence-electron chi connectivity index (χ4n) is 2.47. The minimum Gasteiger partial charge on any atom is -0.497 e. The highest BCUT2D eigenvalue weighted by Gasteiger charge is 2.10. The molecule has 108 valence electrons. The molecule has 2 aromatic heterocycles. The molecule has 0 N–H and O–H groups in total. The van der Waals surface area contributed by atoms with E-state index in [1.165, 1.54) is 5.56 Å². The lowest BCUT2D eigenvalue weighted by Crippen LogP contribution is -1.96. The van der Waals surface area contributed by atoms with E-state index in [1.807, 2.05) is 24.3 Å². The predicted octanol–water partition coefficient (Wildman–Crippen LogP) is 3.26. The van der Waals surface area contributed by atoms with E-state index in [0.717, 1.165) is 33.7 Å². The van der Waals surface area contributed by atoms with Gasteiger partial charge < -0.3 is 4.74 Å². The third-order valence-electron chi connectivity index (χ3n) is 3.71. The van der Waals surface area contributed by atoms with Gasteiger partial charge in [-0.15, -0.1) is 10.2 Å². The van der Waals surface area contributed by atoms with Gasteiger partial charge >= 0.3 is 0 Å². The molecule has 0 spiro atoms. The monoisotopic (exact) mass is 290 g/mol. The van der Waals surface area contributed by atoms with Gasteiger partial charge in [0.25, 0.3) is 0 Å². The van der Waals surface area contributed by atoms with E-state index in [1.54, 1.807) is 11.6 Å². The van der Waals surface area contributed by atoms with Gasteiger partial charge in [0.15, 0.2) is 5.65 Å². The van der Waals surface area contributed by atoms with Crippen molar-refractivity contribution in [2.24, 2.45) is 0 Å². The fraction of sp³-hybridized carbons (Fsp3) is 0.118. The number of rotatable bonds is 2. The van der Waals surface area contributed by atoms with Crippen molar-refractivity contribution in [1.82, 2.24) is 19.8 Å². The summed E-state index contributed by atoms with van der Waals surface area (Å²) in [6.45, 7) is 2.07. The summed E-state index contributed by atoms with van der Waals surface area (Å²) < 4.78 is 7.09. The molecule has 22 heavy (non-hydrogen) atoms. The lowest BCUT2D eigenvalue weighted by Gasteiger charge is -2.02. The summed E-state index contributed by atoms with van der Waals surface area (Å²) >= 11 is 0. The molecule has 0 unspecified atom stereocenters. The van der Waals surface area contributed by atoms with Gasteiger partial charge in [0.2, 0.25) is 0 Å². The summed E-state index contributed by atoms with van der Waals surface area (Å²) in [6.07, 6.45) is 0. The van der Waals surface area contributed by atoms with Gasteiger partial charge in [-0.2, -0.15) is 5.10 Å². The van der Waals surface area contributed by atoms with Crippen molar-refractivity contribution in [2.45, 2.75) is 6.92 Å². The number of aromatic nitrogens is 4. The Labute approximate surface area is 127 Å². The Bertz CT molecular complexity index is 973. The lowest BCUT2D eigenvalue weighted by molar-refractivity contribution is 0.415. The smallest absolute Gasteiger partial charge is 0.178 e. The van der Waals surface area contributed by atoms with Crippen LogP contribution < -0.4 is 4.74 Å². The van der Waals surface area contributed by atoms with Crippen LogP contribution in [0.3, 0.4) is 0 Å². The van der Waals surface area contributed by atoms with E-state index in [0.29, 0.717) is 0 Å². The van der Waals surface area contributed by atoms with Crippen molar-refractivity contribution in [2.75, 3.05) is 7.11 Å². The van der Waals surface area contributed by atoms with Gasteiger partial charge in [0.05, 0.1) is 18.3 Å². The Morgan fingerprint density at radius 3 is 2.55 bits per heavy atom. The molecule has 0 radical (unpaired) electrons. The highest BCUT2D eigenvalue weighted by molar-refractivity contribution is 5.79. The summed E-state index contributed by atoms with van der Waals surface area (Å²) in [4.78, 5) is 0. The third kappa shape index (κ3) is 1.98. The molecule has 0 amide bonds. The van der Waals surface area contributed by atoms with Crippen LogP contribution in [0.15, 0.2) is 48.5 Å². The molecule has 0 aliphatic carbocycles. The topological polar surface area (TPSA) is 52.3 Å². The first-order valence-corrected chi connectivity index (χ1v) is 7.02. The zero-order valence-electron chi connectivity index (χ0n) is 12.3. The van der Waals surface area contributed by atoms with E-state index in [9.17, 15) is 0 Å². The largest absolute Gasteiger partial charge is 0.497 e. The molecule has 0 atom stereocenters. The first kappa shape index (κ1) is 12.8. The van der Waals surface area contributed by atoms with Crippen LogP contribution in [0.1, 0.15) is 5.56 Å². The maximum absolute atomic E-state index is 5.29. The van der Waals surface area contributed by atoms with E-state index in [-0.39, 0.29) is 0 Å². The van der Waals surface area contributed by atoms with Crippen LogP contribution in [0.4, 0.5) is 0 Å². The minimum atomic E-state index is 0.719. The van der Waals surface area contributed by atoms with Crippen LogP contribution in [0.25, 0.3) is 27.9 Å². The van der Waals surface area contributed by atoms with Crippen molar-refractivity contribution in [3.8, 4) is 17.0 Å². The quantitative estimate of drug-likeness (QED) is 0.568. The second kappa shape index (κ2) is 4.80. The van der Waals surface area contributed by atoms with Gasteiger partial charge in [-0.05, 0) is 19.1 Å². The van der Waals surface area contributed by atoms with Crippen molar-refractivity contribution in [3.05, 3.63) is 54.1 Å². The Morgan fingerprint density at radius 2 is 1.77 bits per heavy atom. The molecule has 5 nitrogen and oxygen atoms in total. The van der Waals surface area contributed by atoms with Gasteiger partial charge in [-0.25, -0.2) is 4.52 Å². The first-order valence-electron chi connectivity index (χ1n) is 7.02. The number of hydrogen-bond acceptors (Lipinski definition) is 4. The fourth-order valence-corrected chi connectivity index (χ4v) is 2.47. The Kier molecular flexibility index (Phi) is 2.79. The predicted molar refractivity (Wildman–Crippen MR) is 85.0 cm³/mol. The van der Waals surface area contributed by atoms with Crippen molar-refractivity contribution in [3.63, 3.8) is 0 Å². The van der Waals surface area contributed by atoms with Crippen molar-refractivity contribution in [1.29, 1.82) is 0 Å². The van der Waals surface area contributed by atoms with Gasteiger partial charge in [-0.1, -0.05) is 29.8 Å². The van der Waals surface area contributed by atoms with E-state index in [4.69, 9.17) is 4.74 Å². The molecule has 2 heterocycles. The maximum atomic E-state index is 5.29. The highest BCUT2D eigenvalue weighted by atomic mass is 16.5. The summed E-state index contributed by atoms with van der Waals surface area (Å²) in [7, 11) is 1.65. The number of hydrogen-bond donors (Lipinski definition) is 0. The molecule has 4 aromatic rings. The molecule has 5 heteroatoms. The van der Waals surface area contributed by atoms with Crippen LogP contribution >= 0.6 is 0 Å². The van der Waals surface area contributed by atoms with Gasteiger partial charge in [0.1, 0.15) is 11.3 Å². The summed E-state index contributed by atoms with van der Waals surface area (Å²) in [5.74, 6) is 0.772. The SMILES string of the molecule is COc1ccc2nnc3cc(-c4ccc(C)cc4)nn3c2c1. The van der Waals surface area contributed by atoms with E-state index < -0.39 is 0 Å². The summed E-state index contributed by atoms with van der Waals surface area (Å²) in [5.41, 5.74) is 5.55.